The van der Waals surface area contributed by atoms with E-state index in [1.54, 1.807) is 12.5 Å². The van der Waals surface area contributed by atoms with Gasteiger partial charge in [0.1, 0.15) is 0 Å². The first kappa shape index (κ1) is 8.82. The normalized spacial score (nSPS) is 19.8. The van der Waals surface area contributed by atoms with Gasteiger partial charge >= 0.3 is 0 Å². The SMILES string of the molecule is CC(NCc1ccoc1)C1CCC1. The summed E-state index contributed by atoms with van der Waals surface area (Å²) >= 11 is 0. The highest BCUT2D eigenvalue weighted by Crippen LogP contribution is 2.29. The standard InChI is InChI=1S/C11H17NO/c1-9(11-3-2-4-11)12-7-10-5-6-13-8-10/h5-6,8-9,11-12H,2-4,7H2,1H3. The van der Waals surface area contributed by atoms with Crippen LogP contribution in [-0.4, -0.2) is 6.04 Å². The minimum absolute atomic E-state index is 0.656. The van der Waals surface area contributed by atoms with Gasteiger partial charge in [0.05, 0.1) is 12.5 Å². The first-order chi connectivity index (χ1) is 6.36. The van der Waals surface area contributed by atoms with Crippen molar-refractivity contribution in [1.82, 2.24) is 5.32 Å². The molecule has 0 aromatic carbocycles. The molecular weight excluding hydrogens is 162 g/mol. The first-order valence-electron chi connectivity index (χ1n) is 5.11. The van der Waals surface area contributed by atoms with E-state index in [-0.39, 0.29) is 0 Å². The number of furan rings is 1. The molecule has 1 aromatic rings. The van der Waals surface area contributed by atoms with Gasteiger partial charge in [-0.1, -0.05) is 6.42 Å². The van der Waals surface area contributed by atoms with Crippen LogP contribution < -0.4 is 5.32 Å². The molecule has 1 heterocycles. The Morgan fingerprint density at radius 1 is 1.62 bits per heavy atom. The lowest BCUT2D eigenvalue weighted by atomic mass is 9.80. The highest BCUT2D eigenvalue weighted by molar-refractivity contribution is 5.04. The molecule has 2 heteroatoms. The van der Waals surface area contributed by atoms with Gasteiger partial charge in [-0.2, -0.15) is 0 Å². The smallest absolute Gasteiger partial charge is 0.0947 e. The average Bonchev–Trinajstić information content (AvgIpc) is 2.49. The van der Waals surface area contributed by atoms with Crippen LogP contribution in [0, 0.1) is 5.92 Å². The maximum absolute atomic E-state index is 5.01. The van der Waals surface area contributed by atoms with Gasteiger partial charge in [-0.05, 0) is 31.7 Å². The summed E-state index contributed by atoms with van der Waals surface area (Å²) in [6.45, 7) is 3.22. The summed E-state index contributed by atoms with van der Waals surface area (Å²) in [5.41, 5.74) is 1.24. The molecule has 1 aliphatic rings. The number of hydrogen-bond acceptors (Lipinski definition) is 2. The van der Waals surface area contributed by atoms with Crippen LogP contribution in [0.4, 0.5) is 0 Å². The van der Waals surface area contributed by atoms with Crippen LogP contribution >= 0.6 is 0 Å². The van der Waals surface area contributed by atoms with Crippen molar-refractivity contribution in [3.05, 3.63) is 24.2 Å². The molecule has 1 atom stereocenters. The quantitative estimate of drug-likeness (QED) is 0.768. The maximum atomic E-state index is 5.01. The van der Waals surface area contributed by atoms with Crippen LogP contribution in [0.25, 0.3) is 0 Å². The predicted octanol–water partition coefficient (Wildman–Crippen LogP) is 2.56. The second-order valence-corrected chi connectivity index (χ2v) is 3.99. The van der Waals surface area contributed by atoms with Gasteiger partial charge in [0.15, 0.2) is 0 Å². The summed E-state index contributed by atoms with van der Waals surface area (Å²) < 4.78 is 5.01. The summed E-state index contributed by atoms with van der Waals surface area (Å²) in [6, 6.07) is 2.67. The molecule has 0 saturated heterocycles. The molecule has 1 fully saturated rings. The molecule has 2 nitrogen and oxygen atoms in total. The van der Waals surface area contributed by atoms with E-state index in [2.05, 4.69) is 12.2 Å². The van der Waals surface area contributed by atoms with Gasteiger partial charge in [0.25, 0.3) is 0 Å². The van der Waals surface area contributed by atoms with Crippen molar-refractivity contribution in [2.45, 2.75) is 38.8 Å². The van der Waals surface area contributed by atoms with Crippen molar-refractivity contribution in [1.29, 1.82) is 0 Å². The minimum Gasteiger partial charge on any atom is -0.472 e. The van der Waals surface area contributed by atoms with Crippen LogP contribution in [0.2, 0.25) is 0 Å². The van der Waals surface area contributed by atoms with E-state index >= 15 is 0 Å². The van der Waals surface area contributed by atoms with Crippen LogP contribution in [0.5, 0.6) is 0 Å². The fourth-order valence-corrected chi connectivity index (χ4v) is 1.78. The molecule has 1 N–H and O–H groups in total. The summed E-state index contributed by atoms with van der Waals surface area (Å²) in [6.07, 6.45) is 7.76. The van der Waals surface area contributed by atoms with Gasteiger partial charge in [-0.15, -0.1) is 0 Å². The first-order valence-corrected chi connectivity index (χ1v) is 5.11. The predicted molar refractivity (Wildman–Crippen MR) is 52.4 cm³/mol. The Morgan fingerprint density at radius 2 is 2.46 bits per heavy atom. The zero-order valence-corrected chi connectivity index (χ0v) is 8.12. The van der Waals surface area contributed by atoms with Crippen LogP contribution in [0.3, 0.4) is 0 Å². The molecule has 0 bridgehead atoms. The lowest BCUT2D eigenvalue weighted by Crippen LogP contribution is -2.36. The second-order valence-electron chi connectivity index (χ2n) is 3.99. The zero-order valence-electron chi connectivity index (χ0n) is 8.12. The Hall–Kier alpha value is -0.760. The zero-order chi connectivity index (χ0) is 9.10. The van der Waals surface area contributed by atoms with Gasteiger partial charge in [0.2, 0.25) is 0 Å². The van der Waals surface area contributed by atoms with Crippen LogP contribution in [-0.2, 0) is 6.54 Å². The van der Waals surface area contributed by atoms with E-state index in [1.165, 1.54) is 24.8 Å². The maximum Gasteiger partial charge on any atom is 0.0947 e. The summed E-state index contributed by atoms with van der Waals surface area (Å²) in [4.78, 5) is 0. The highest BCUT2D eigenvalue weighted by Gasteiger charge is 2.23. The third kappa shape index (κ3) is 2.13. The molecule has 2 rings (SSSR count). The van der Waals surface area contributed by atoms with E-state index in [1.807, 2.05) is 6.07 Å². The van der Waals surface area contributed by atoms with Crippen molar-refractivity contribution >= 4 is 0 Å². The molecule has 0 spiro atoms. The Balaban J connectivity index is 1.72. The summed E-state index contributed by atoms with van der Waals surface area (Å²) in [5.74, 6) is 0.909. The monoisotopic (exact) mass is 179 g/mol. The Bertz CT molecular complexity index is 239. The molecule has 1 unspecified atom stereocenters. The number of hydrogen-bond donors (Lipinski definition) is 1. The Morgan fingerprint density at radius 3 is 3.00 bits per heavy atom. The fourth-order valence-electron chi connectivity index (χ4n) is 1.78. The third-order valence-electron chi connectivity index (χ3n) is 3.07. The largest absolute Gasteiger partial charge is 0.472 e. The topological polar surface area (TPSA) is 25.2 Å². The summed E-state index contributed by atoms with van der Waals surface area (Å²) in [5, 5.41) is 3.53. The molecule has 1 aliphatic carbocycles. The lowest BCUT2D eigenvalue weighted by molar-refractivity contribution is 0.240. The van der Waals surface area contributed by atoms with Gasteiger partial charge in [-0.25, -0.2) is 0 Å². The summed E-state index contributed by atoms with van der Waals surface area (Å²) in [7, 11) is 0. The van der Waals surface area contributed by atoms with Crippen LogP contribution in [0.1, 0.15) is 31.7 Å². The van der Waals surface area contributed by atoms with E-state index in [9.17, 15) is 0 Å². The van der Waals surface area contributed by atoms with E-state index in [0.717, 1.165) is 12.5 Å². The van der Waals surface area contributed by atoms with E-state index < -0.39 is 0 Å². The molecule has 1 aromatic heterocycles. The second kappa shape index (κ2) is 3.97. The number of nitrogens with one attached hydrogen (secondary N) is 1. The fraction of sp³-hybridized carbons (Fsp3) is 0.636. The van der Waals surface area contributed by atoms with Crippen LogP contribution in [0.15, 0.2) is 23.0 Å². The van der Waals surface area contributed by atoms with E-state index in [4.69, 9.17) is 4.42 Å². The van der Waals surface area contributed by atoms with Crippen molar-refractivity contribution in [2.75, 3.05) is 0 Å². The highest BCUT2D eigenvalue weighted by atomic mass is 16.3. The van der Waals surface area contributed by atoms with Crippen molar-refractivity contribution < 1.29 is 4.42 Å². The van der Waals surface area contributed by atoms with Gasteiger partial charge in [0, 0.05) is 18.2 Å². The molecule has 13 heavy (non-hydrogen) atoms. The molecule has 0 amide bonds. The third-order valence-corrected chi connectivity index (χ3v) is 3.07. The van der Waals surface area contributed by atoms with Gasteiger partial charge in [-0.3, -0.25) is 0 Å². The molecule has 0 radical (unpaired) electrons. The number of rotatable bonds is 4. The van der Waals surface area contributed by atoms with Gasteiger partial charge < -0.3 is 9.73 Å². The molecule has 0 aliphatic heterocycles. The van der Waals surface area contributed by atoms with Crippen molar-refractivity contribution in [2.24, 2.45) is 5.92 Å². The lowest BCUT2D eigenvalue weighted by Gasteiger charge is -2.31. The Kier molecular flexibility index (Phi) is 2.69. The van der Waals surface area contributed by atoms with E-state index in [0.29, 0.717) is 6.04 Å². The molecule has 1 saturated carbocycles. The molecular formula is C11H17NO. The average molecular weight is 179 g/mol. The van der Waals surface area contributed by atoms with Crippen molar-refractivity contribution in [3.8, 4) is 0 Å². The minimum atomic E-state index is 0.656. The molecule has 72 valence electrons. The Labute approximate surface area is 79.3 Å². The van der Waals surface area contributed by atoms with Crippen molar-refractivity contribution in [3.63, 3.8) is 0 Å².